The fourth-order valence-corrected chi connectivity index (χ4v) is 3.14. The van der Waals surface area contributed by atoms with E-state index >= 15 is 0 Å². The quantitative estimate of drug-likeness (QED) is 0.636. The molecule has 25 heavy (non-hydrogen) atoms. The lowest BCUT2D eigenvalue weighted by molar-refractivity contribution is 0.0921. The lowest BCUT2D eigenvalue weighted by Gasteiger charge is -2.05. The van der Waals surface area contributed by atoms with E-state index in [1.807, 2.05) is 42.1 Å². The van der Waals surface area contributed by atoms with E-state index in [-0.39, 0.29) is 18.3 Å². The smallest absolute Gasteiger partial charge is 0.287 e. The molecule has 0 bridgehead atoms. The van der Waals surface area contributed by atoms with Gasteiger partial charge in [-0.25, -0.2) is 4.98 Å². The van der Waals surface area contributed by atoms with Gasteiger partial charge in [0.2, 0.25) is 0 Å². The fourth-order valence-electron chi connectivity index (χ4n) is 2.31. The van der Waals surface area contributed by atoms with Gasteiger partial charge in [-0.1, -0.05) is 36.0 Å². The Hall–Kier alpha value is -2.51. The SMILES string of the molecule is Cn1ccnc1SCc1ccc(C(=O)NCc2cccc(CO)c2)o1. The van der Waals surface area contributed by atoms with Gasteiger partial charge in [-0.2, -0.15) is 0 Å². The molecule has 0 unspecified atom stereocenters. The molecule has 130 valence electrons. The summed E-state index contributed by atoms with van der Waals surface area (Å²) in [5, 5.41) is 12.9. The number of hydrogen-bond acceptors (Lipinski definition) is 5. The third-order valence-corrected chi connectivity index (χ3v) is 4.71. The van der Waals surface area contributed by atoms with Crippen molar-refractivity contribution in [2.75, 3.05) is 0 Å². The van der Waals surface area contributed by atoms with E-state index in [2.05, 4.69) is 10.3 Å². The zero-order valence-corrected chi connectivity index (χ0v) is 14.6. The molecule has 0 fully saturated rings. The average molecular weight is 357 g/mol. The summed E-state index contributed by atoms with van der Waals surface area (Å²) in [6.07, 6.45) is 3.63. The van der Waals surface area contributed by atoms with Crippen LogP contribution >= 0.6 is 11.8 Å². The summed E-state index contributed by atoms with van der Waals surface area (Å²) in [6.45, 7) is 0.363. The largest absolute Gasteiger partial charge is 0.455 e. The van der Waals surface area contributed by atoms with Crippen LogP contribution in [0.2, 0.25) is 0 Å². The minimum absolute atomic E-state index is 0.0169. The van der Waals surface area contributed by atoms with Gasteiger partial charge in [0.15, 0.2) is 10.9 Å². The molecule has 2 heterocycles. The zero-order valence-electron chi connectivity index (χ0n) is 13.8. The summed E-state index contributed by atoms with van der Waals surface area (Å²) in [4.78, 5) is 16.4. The van der Waals surface area contributed by atoms with Crippen molar-refractivity contribution in [3.05, 3.63) is 71.4 Å². The molecule has 0 saturated carbocycles. The monoisotopic (exact) mass is 357 g/mol. The van der Waals surface area contributed by atoms with Gasteiger partial charge in [-0.05, 0) is 23.3 Å². The molecule has 2 N–H and O–H groups in total. The summed E-state index contributed by atoms with van der Waals surface area (Å²) in [5.41, 5.74) is 1.75. The zero-order chi connectivity index (χ0) is 17.6. The molecule has 0 radical (unpaired) electrons. The number of aliphatic hydroxyl groups is 1. The molecule has 6 nitrogen and oxygen atoms in total. The number of thioether (sulfide) groups is 1. The second kappa shape index (κ2) is 8.04. The molecule has 0 aliphatic heterocycles. The van der Waals surface area contributed by atoms with Crippen LogP contribution < -0.4 is 5.32 Å². The predicted octanol–water partition coefficient (Wildman–Crippen LogP) is 2.73. The van der Waals surface area contributed by atoms with Crippen molar-refractivity contribution in [1.29, 1.82) is 0 Å². The third kappa shape index (κ3) is 4.52. The summed E-state index contributed by atoms with van der Waals surface area (Å²) in [5.74, 6) is 1.35. The highest BCUT2D eigenvalue weighted by Crippen LogP contribution is 2.21. The van der Waals surface area contributed by atoms with Gasteiger partial charge >= 0.3 is 0 Å². The summed E-state index contributed by atoms with van der Waals surface area (Å²) < 4.78 is 7.54. The van der Waals surface area contributed by atoms with Gasteiger partial charge in [-0.15, -0.1) is 0 Å². The maximum absolute atomic E-state index is 12.2. The highest BCUT2D eigenvalue weighted by Gasteiger charge is 2.12. The Morgan fingerprint density at radius 3 is 2.92 bits per heavy atom. The van der Waals surface area contributed by atoms with Gasteiger partial charge in [0.1, 0.15) is 5.76 Å². The van der Waals surface area contributed by atoms with Crippen LogP contribution in [-0.2, 0) is 26.0 Å². The Bertz CT molecular complexity index is 857. The van der Waals surface area contributed by atoms with Crippen LogP contribution in [0.25, 0.3) is 0 Å². The van der Waals surface area contributed by atoms with Gasteiger partial charge < -0.3 is 19.4 Å². The van der Waals surface area contributed by atoms with E-state index in [0.29, 0.717) is 12.3 Å². The van der Waals surface area contributed by atoms with E-state index in [1.54, 1.807) is 30.1 Å². The van der Waals surface area contributed by atoms with Crippen molar-refractivity contribution in [2.45, 2.75) is 24.1 Å². The first-order chi connectivity index (χ1) is 12.2. The molecule has 1 amide bonds. The highest BCUT2D eigenvalue weighted by atomic mass is 32.2. The molecule has 3 aromatic rings. The van der Waals surface area contributed by atoms with Crippen molar-refractivity contribution in [3.8, 4) is 0 Å². The second-order valence-electron chi connectivity index (χ2n) is 5.54. The van der Waals surface area contributed by atoms with E-state index in [0.717, 1.165) is 22.0 Å². The first-order valence-corrected chi connectivity index (χ1v) is 8.80. The van der Waals surface area contributed by atoms with Crippen molar-refractivity contribution >= 4 is 17.7 Å². The number of imidazole rings is 1. The highest BCUT2D eigenvalue weighted by molar-refractivity contribution is 7.98. The average Bonchev–Trinajstić information content (AvgIpc) is 3.27. The number of furan rings is 1. The number of aryl methyl sites for hydroxylation is 1. The van der Waals surface area contributed by atoms with Crippen LogP contribution in [0.3, 0.4) is 0 Å². The molecule has 0 aliphatic carbocycles. The number of carbonyl (C=O) groups is 1. The number of amides is 1. The van der Waals surface area contributed by atoms with Crippen molar-refractivity contribution in [1.82, 2.24) is 14.9 Å². The van der Waals surface area contributed by atoms with Crippen molar-refractivity contribution < 1.29 is 14.3 Å². The van der Waals surface area contributed by atoms with Gasteiger partial charge in [0, 0.05) is 26.0 Å². The van der Waals surface area contributed by atoms with Crippen LogP contribution in [0.5, 0.6) is 0 Å². The van der Waals surface area contributed by atoms with Crippen LogP contribution in [-0.4, -0.2) is 20.6 Å². The number of nitrogens with one attached hydrogen (secondary N) is 1. The number of rotatable bonds is 7. The maximum Gasteiger partial charge on any atom is 0.287 e. The summed E-state index contributed by atoms with van der Waals surface area (Å²) >= 11 is 1.55. The number of hydrogen-bond donors (Lipinski definition) is 2. The molecule has 0 saturated heterocycles. The van der Waals surface area contributed by atoms with E-state index in [4.69, 9.17) is 9.52 Å². The summed E-state index contributed by atoms with van der Waals surface area (Å²) in [6, 6.07) is 10.9. The molecule has 0 atom stereocenters. The first-order valence-electron chi connectivity index (χ1n) is 7.81. The molecule has 0 aliphatic rings. The van der Waals surface area contributed by atoms with Gasteiger partial charge in [0.25, 0.3) is 5.91 Å². The molecular formula is C18H19N3O3S. The van der Waals surface area contributed by atoms with E-state index < -0.39 is 0 Å². The predicted molar refractivity (Wildman–Crippen MR) is 95.0 cm³/mol. The Labute approximate surface area is 149 Å². The Morgan fingerprint density at radius 1 is 1.32 bits per heavy atom. The van der Waals surface area contributed by atoms with Crippen molar-refractivity contribution in [3.63, 3.8) is 0 Å². The first kappa shape index (κ1) is 17.3. The minimum atomic E-state index is -0.261. The lowest BCUT2D eigenvalue weighted by atomic mass is 10.1. The molecule has 2 aromatic heterocycles. The van der Waals surface area contributed by atoms with E-state index in [9.17, 15) is 4.79 Å². The van der Waals surface area contributed by atoms with Gasteiger partial charge in [-0.3, -0.25) is 4.79 Å². The van der Waals surface area contributed by atoms with Crippen LogP contribution in [0, 0.1) is 0 Å². The van der Waals surface area contributed by atoms with Crippen LogP contribution in [0.15, 0.2) is 58.4 Å². The topological polar surface area (TPSA) is 80.3 Å². The molecule has 1 aromatic carbocycles. The normalized spacial score (nSPS) is 10.8. The lowest BCUT2D eigenvalue weighted by Crippen LogP contribution is -2.22. The number of aromatic nitrogens is 2. The molecule has 0 spiro atoms. The fraction of sp³-hybridized carbons (Fsp3) is 0.222. The summed E-state index contributed by atoms with van der Waals surface area (Å²) in [7, 11) is 1.93. The van der Waals surface area contributed by atoms with Crippen LogP contribution in [0.1, 0.15) is 27.4 Å². The second-order valence-corrected chi connectivity index (χ2v) is 6.48. The number of benzene rings is 1. The molecule has 7 heteroatoms. The van der Waals surface area contributed by atoms with Crippen molar-refractivity contribution in [2.24, 2.45) is 7.05 Å². The Morgan fingerprint density at radius 2 is 2.16 bits per heavy atom. The molecule has 3 rings (SSSR count). The molecular weight excluding hydrogens is 338 g/mol. The van der Waals surface area contributed by atoms with E-state index in [1.165, 1.54) is 0 Å². The van der Waals surface area contributed by atoms with Crippen LogP contribution in [0.4, 0.5) is 0 Å². The Kier molecular flexibility index (Phi) is 5.57. The number of carbonyl (C=O) groups excluding carboxylic acids is 1. The van der Waals surface area contributed by atoms with Gasteiger partial charge in [0.05, 0.1) is 12.4 Å². The maximum atomic E-state index is 12.2. The minimum Gasteiger partial charge on any atom is -0.455 e. The standard InChI is InChI=1S/C18H19N3O3S/c1-21-8-7-19-18(21)25-12-15-5-6-16(24-15)17(23)20-10-13-3-2-4-14(9-13)11-22/h2-9,22H,10-12H2,1H3,(H,20,23). The number of nitrogens with zero attached hydrogens (tertiary/aromatic N) is 2. The Balaban J connectivity index is 1.54. The number of aliphatic hydroxyl groups excluding tert-OH is 1. The third-order valence-electron chi connectivity index (χ3n) is 3.63.